The van der Waals surface area contributed by atoms with Gasteiger partial charge in [0.15, 0.2) is 0 Å². The maximum atomic E-state index is 11.6. The fraction of sp³-hybridized carbons (Fsp3) is 0.600. The Hall–Kier alpha value is -1.43. The van der Waals surface area contributed by atoms with E-state index in [2.05, 4.69) is 22.5 Å². The predicted octanol–water partition coefficient (Wildman–Crippen LogP) is 3.73. The van der Waals surface area contributed by atoms with Crippen molar-refractivity contribution in [3.05, 3.63) is 18.3 Å². The summed E-state index contributed by atoms with van der Waals surface area (Å²) in [6.45, 7) is 7.73. The first-order valence-corrected chi connectivity index (χ1v) is 8.21. The summed E-state index contributed by atoms with van der Waals surface area (Å²) in [6.07, 6.45) is 2.42. The van der Waals surface area contributed by atoms with E-state index in [1.54, 1.807) is 12.3 Å². The van der Waals surface area contributed by atoms with Crippen LogP contribution < -0.4 is 10.6 Å². The van der Waals surface area contributed by atoms with Gasteiger partial charge in [0.1, 0.15) is 11.4 Å². The third-order valence-electron chi connectivity index (χ3n) is 2.96. The average molecular weight is 309 g/mol. The molecule has 0 bridgehead atoms. The molecule has 0 aliphatic carbocycles. The van der Waals surface area contributed by atoms with E-state index in [9.17, 15) is 4.79 Å². The highest BCUT2D eigenvalue weighted by Gasteiger charge is 2.21. The van der Waals surface area contributed by atoms with Crippen LogP contribution in [0.2, 0.25) is 0 Å². The molecule has 0 radical (unpaired) electrons. The Kier molecular flexibility index (Phi) is 4.98. The van der Waals surface area contributed by atoms with E-state index in [0.29, 0.717) is 17.1 Å². The normalized spacial score (nSPS) is 21.9. The molecule has 6 heteroatoms. The largest absolute Gasteiger partial charge is 0.444 e. The molecule has 2 heterocycles. The summed E-state index contributed by atoms with van der Waals surface area (Å²) in [5, 5.41) is 6.80. The van der Waals surface area contributed by atoms with Gasteiger partial charge in [0, 0.05) is 17.0 Å². The maximum absolute atomic E-state index is 11.6. The molecule has 2 N–H and O–H groups in total. The van der Waals surface area contributed by atoms with Gasteiger partial charge >= 0.3 is 6.09 Å². The molecule has 1 aromatic rings. The Morgan fingerprint density at radius 1 is 1.43 bits per heavy atom. The molecule has 0 aromatic carbocycles. The summed E-state index contributed by atoms with van der Waals surface area (Å²) in [6, 6.07) is 4.20. The minimum Gasteiger partial charge on any atom is -0.444 e. The number of aromatic nitrogens is 1. The standard InChI is InChI=1S/C15H23N3O2S/c1-10-7-12(9-21-10)17-11-5-6-13(16-8-11)18-14(19)20-15(2,3)4/h5-6,8,10,12,17H,7,9H2,1-4H3,(H,16,18,19). The number of anilines is 2. The summed E-state index contributed by atoms with van der Waals surface area (Å²) >= 11 is 1.98. The number of nitrogens with one attached hydrogen (secondary N) is 2. The highest BCUT2D eigenvalue weighted by atomic mass is 32.2. The summed E-state index contributed by atoms with van der Waals surface area (Å²) in [5.74, 6) is 1.61. The van der Waals surface area contributed by atoms with Gasteiger partial charge in [-0.05, 0) is 39.3 Å². The fourth-order valence-corrected chi connectivity index (χ4v) is 3.26. The smallest absolute Gasteiger partial charge is 0.413 e. The lowest BCUT2D eigenvalue weighted by Gasteiger charge is -2.19. The van der Waals surface area contributed by atoms with Crippen LogP contribution >= 0.6 is 11.8 Å². The number of thioether (sulfide) groups is 1. The summed E-state index contributed by atoms with van der Waals surface area (Å²) in [7, 11) is 0. The minimum absolute atomic E-state index is 0.489. The van der Waals surface area contributed by atoms with E-state index in [-0.39, 0.29) is 0 Å². The second kappa shape index (κ2) is 6.56. The predicted molar refractivity (Wildman–Crippen MR) is 88.0 cm³/mol. The number of ether oxygens (including phenoxy) is 1. The van der Waals surface area contributed by atoms with Crippen molar-refractivity contribution in [1.29, 1.82) is 0 Å². The molecule has 2 atom stereocenters. The first-order valence-electron chi connectivity index (χ1n) is 7.16. The molecule has 1 aliphatic heterocycles. The van der Waals surface area contributed by atoms with Crippen LogP contribution in [0.5, 0.6) is 0 Å². The summed E-state index contributed by atoms with van der Waals surface area (Å²) in [5.41, 5.74) is 0.465. The van der Waals surface area contributed by atoms with Crippen LogP contribution in [0.15, 0.2) is 18.3 Å². The summed E-state index contributed by atoms with van der Waals surface area (Å²) in [4.78, 5) is 15.9. The van der Waals surface area contributed by atoms with Crippen LogP contribution in [-0.4, -0.2) is 33.7 Å². The molecule has 1 saturated heterocycles. The number of nitrogens with zero attached hydrogens (tertiary/aromatic N) is 1. The molecule has 2 unspecified atom stereocenters. The van der Waals surface area contributed by atoms with E-state index in [4.69, 9.17) is 4.74 Å². The zero-order valence-corrected chi connectivity index (χ0v) is 13.8. The van der Waals surface area contributed by atoms with Crippen LogP contribution in [0.1, 0.15) is 34.1 Å². The lowest BCUT2D eigenvalue weighted by atomic mass is 10.2. The molecule has 1 aliphatic rings. The van der Waals surface area contributed by atoms with E-state index in [0.717, 1.165) is 11.4 Å². The molecule has 116 valence electrons. The molecular weight excluding hydrogens is 286 g/mol. The van der Waals surface area contributed by atoms with E-state index < -0.39 is 11.7 Å². The molecule has 0 spiro atoms. The van der Waals surface area contributed by atoms with Crippen molar-refractivity contribution in [2.24, 2.45) is 0 Å². The zero-order valence-electron chi connectivity index (χ0n) is 13.0. The van der Waals surface area contributed by atoms with Gasteiger partial charge in [-0.25, -0.2) is 9.78 Å². The Balaban J connectivity index is 1.85. The zero-order chi connectivity index (χ0) is 15.5. The van der Waals surface area contributed by atoms with Crippen LogP contribution in [-0.2, 0) is 4.74 Å². The Labute approximate surface area is 130 Å². The van der Waals surface area contributed by atoms with Crippen molar-refractivity contribution < 1.29 is 9.53 Å². The number of carbonyl (C=O) groups excluding carboxylic acids is 1. The molecule has 5 nitrogen and oxygen atoms in total. The minimum atomic E-state index is -0.511. The van der Waals surface area contributed by atoms with Gasteiger partial charge in [-0.1, -0.05) is 6.92 Å². The lowest BCUT2D eigenvalue weighted by molar-refractivity contribution is 0.0635. The van der Waals surface area contributed by atoms with Crippen molar-refractivity contribution in [3.8, 4) is 0 Å². The molecule has 1 fully saturated rings. The van der Waals surface area contributed by atoms with Gasteiger partial charge in [0.05, 0.1) is 11.9 Å². The molecule has 0 saturated carbocycles. The Bertz CT molecular complexity index is 485. The average Bonchev–Trinajstić information content (AvgIpc) is 2.75. The number of rotatable bonds is 3. The fourth-order valence-electron chi connectivity index (χ4n) is 2.11. The van der Waals surface area contributed by atoms with Gasteiger partial charge in [0.2, 0.25) is 0 Å². The van der Waals surface area contributed by atoms with Crippen LogP contribution in [0.4, 0.5) is 16.3 Å². The van der Waals surface area contributed by atoms with Gasteiger partial charge in [-0.15, -0.1) is 0 Å². The quantitative estimate of drug-likeness (QED) is 0.890. The van der Waals surface area contributed by atoms with E-state index in [1.807, 2.05) is 38.6 Å². The number of amides is 1. The van der Waals surface area contributed by atoms with Crippen LogP contribution in [0.25, 0.3) is 0 Å². The van der Waals surface area contributed by atoms with Crippen molar-refractivity contribution in [1.82, 2.24) is 4.98 Å². The van der Waals surface area contributed by atoms with E-state index >= 15 is 0 Å². The molecular formula is C15H23N3O2S. The van der Waals surface area contributed by atoms with Crippen molar-refractivity contribution in [2.75, 3.05) is 16.4 Å². The monoisotopic (exact) mass is 309 g/mol. The first kappa shape index (κ1) is 15.9. The third-order valence-corrected chi connectivity index (χ3v) is 4.32. The Morgan fingerprint density at radius 3 is 2.71 bits per heavy atom. The second-order valence-corrected chi connectivity index (χ2v) is 7.75. The number of hydrogen-bond acceptors (Lipinski definition) is 5. The van der Waals surface area contributed by atoms with Crippen molar-refractivity contribution in [3.63, 3.8) is 0 Å². The SMILES string of the molecule is CC1CC(Nc2ccc(NC(=O)OC(C)(C)C)nc2)CS1. The topological polar surface area (TPSA) is 63.2 Å². The summed E-state index contributed by atoms with van der Waals surface area (Å²) < 4.78 is 5.18. The lowest BCUT2D eigenvalue weighted by Crippen LogP contribution is -2.27. The Morgan fingerprint density at radius 2 is 2.19 bits per heavy atom. The highest BCUT2D eigenvalue weighted by Crippen LogP contribution is 2.28. The van der Waals surface area contributed by atoms with Gasteiger partial charge in [-0.2, -0.15) is 11.8 Å². The number of pyridine rings is 1. The first-order chi connectivity index (χ1) is 9.82. The van der Waals surface area contributed by atoms with Crippen LogP contribution in [0, 0.1) is 0 Å². The molecule has 21 heavy (non-hydrogen) atoms. The van der Waals surface area contributed by atoms with Crippen LogP contribution in [0.3, 0.4) is 0 Å². The molecule has 2 rings (SSSR count). The molecule has 1 aromatic heterocycles. The van der Waals surface area contributed by atoms with E-state index in [1.165, 1.54) is 6.42 Å². The molecule has 1 amide bonds. The van der Waals surface area contributed by atoms with Crippen molar-refractivity contribution in [2.45, 2.75) is 51.0 Å². The van der Waals surface area contributed by atoms with Crippen molar-refractivity contribution >= 4 is 29.4 Å². The number of carbonyl (C=O) groups is 1. The van der Waals surface area contributed by atoms with Gasteiger partial charge in [-0.3, -0.25) is 5.32 Å². The van der Waals surface area contributed by atoms with Gasteiger partial charge in [0.25, 0.3) is 0 Å². The third kappa shape index (κ3) is 5.46. The maximum Gasteiger partial charge on any atom is 0.413 e. The highest BCUT2D eigenvalue weighted by molar-refractivity contribution is 8.00. The van der Waals surface area contributed by atoms with Gasteiger partial charge < -0.3 is 10.1 Å². The number of hydrogen-bond donors (Lipinski definition) is 2. The second-order valence-electron chi connectivity index (χ2n) is 6.28.